The van der Waals surface area contributed by atoms with Crippen LogP contribution in [0, 0.1) is 0 Å². The van der Waals surface area contributed by atoms with Gasteiger partial charge in [0.05, 0.1) is 18.8 Å². The van der Waals surface area contributed by atoms with E-state index in [-0.39, 0.29) is 17.9 Å². The van der Waals surface area contributed by atoms with Gasteiger partial charge in [-0.25, -0.2) is 9.97 Å². The van der Waals surface area contributed by atoms with Crippen molar-refractivity contribution in [2.24, 2.45) is 0 Å². The first-order chi connectivity index (χ1) is 11.1. The summed E-state index contributed by atoms with van der Waals surface area (Å²) in [7, 11) is 1.75. The number of hydrogen-bond acceptors (Lipinski definition) is 6. The average molecular weight is 319 g/mol. The van der Waals surface area contributed by atoms with Gasteiger partial charge in [0.25, 0.3) is 5.91 Å². The number of anilines is 1. The van der Waals surface area contributed by atoms with E-state index in [9.17, 15) is 9.59 Å². The first-order valence-electron chi connectivity index (χ1n) is 7.83. The van der Waals surface area contributed by atoms with Crippen molar-refractivity contribution in [1.29, 1.82) is 0 Å². The van der Waals surface area contributed by atoms with E-state index in [0.717, 1.165) is 13.1 Å². The predicted octanol–water partition coefficient (Wildman–Crippen LogP) is -0.336. The number of morpholine rings is 1. The minimum absolute atomic E-state index is 0.0240. The molecule has 2 saturated heterocycles. The molecule has 0 unspecified atom stereocenters. The monoisotopic (exact) mass is 319 g/mol. The van der Waals surface area contributed by atoms with Gasteiger partial charge in [-0.15, -0.1) is 0 Å². The molecule has 2 fully saturated rings. The third-order valence-electron chi connectivity index (χ3n) is 4.16. The Morgan fingerprint density at radius 3 is 2.65 bits per heavy atom. The van der Waals surface area contributed by atoms with E-state index < -0.39 is 0 Å². The molecule has 8 heteroatoms. The normalized spacial score (nSPS) is 22.1. The van der Waals surface area contributed by atoms with E-state index in [1.165, 1.54) is 0 Å². The van der Waals surface area contributed by atoms with Crippen molar-refractivity contribution in [1.82, 2.24) is 20.2 Å². The van der Waals surface area contributed by atoms with Gasteiger partial charge in [-0.1, -0.05) is 0 Å². The zero-order valence-corrected chi connectivity index (χ0v) is 13.2. The van der Waals surface area contributed by atoms with Crippen LogP contribution in [0.5, 0.6) is 0 Å². The Morgan fingerprint density at radius 2 is 2.00 bits per heavy atom. The second-order valence-electron chi connectivity index (χ2n) is 5.85. The SMILES string of the molecule is CN1C[C@H](NC(=O)c2cnc(N3CCOCC3)nc2)CCC1=O. The minimum Gasteiger partial charge on any atom is -0.378 e. The molecule has 1 atom stereocenters. The second kappa shape index (κ2) is 6.91. The maximum absolute atomic E-state index is 12.3. The summed E-state index contributed by atoms with van der Waals surface area (Å²) >= 11 is 0. The molecule has 3 heterocycles. The fourth-order valence-corrected chi connectivity index (χ4v) is 2.76. The number of rotatable bonds is 3. The summed E-state index contributed by atoms with van der Waals surface area (Å²) < 4.78 is 5.29. The lowest BCUT2D eigenvalue weighted by atomic mass is 10.1. The molecule has 124 valence electrons. The van der Waals surface area contributed by atoms with Gasteiger partial charge in [0.15, 0.2) is 0 Å². The van der Waals surface area contributed by atoms with Gasteiger partial charge in [0.1, 0.15) is 0 Å². The number of hydrogen-bond donors (Lipinski definition) is 1. The lowest BCUT2D eigenvalue weighted by molar-refractivity contribution is -0.132. The molecule has 0 spiro atoms. The quantitative estimate of drug-likeness (QED) is 0.820. The van der Waals surface area contributed by atoms with Crippen LogP contribution in [0.15, 0.2) is 12.4 Å². The first-order valence-corrected chi connectivity index (χ1v) is 7.83. The molecule has 0 bridgehead atoms. The molecule has 2 aliphatic heterocycles. The molecule has 0 aliphatic carbocycles. The summed E-state index contributed by atoms with van der Waals surface area (Å²) in [6.07, 6.45) is 4.23. The molecule has 0 radical (unpaired) electrons. The van der Waals surface area contributed by atoms with E-state index in [1.807, 2.05) is 4.90 Å². The Morgan fingerprint density at radius 1 is 1.30 bits per heavy atom. The average Bonchev–Trinajstić information content (AvgIpc) is 2.59. The Kier molecular flexibility index (Phi) is 4.71. The first kappa shape index (κ1) is 15.7. The standard InChI is InChI=1S/C15H21N5O3/c1-19-10-12(2-3-13(19)21)18-14(22)11-8-16-15(17-9-11)20-4-6-23-7-5-20/h8-9,12H,2-7,10H2,1H3,(H,18,22)/t12-/m1/s1. The van der Waals surface area contributed by atoms with Gasteiger partial charge in [-0.05, 0) is 6.42 Å². The summed E-state index contributed by atoms with van der Waals surface area (Å²) in [6, 6.07) is -0.0240. The van der Waals surface area contributed by atoms with Crippen LogP contribution in [0.1, 0.15) is 23.2 Å². The predicted molar refractivity (Wildman–Crippen MR) is 83.2 cm³/mol. The molecular weight excluding hydrogens is 298 g/mol. The van der Waals surface area contributed by atoms with E-state index in [2.05, 4.69) is 15.3 Å². The summed E-state index contributed by atoms with van der Waals surface area (Å²) in [5.41, 5.74) is 0.432. The summed E-state index contributed by atoms with van der Waals surface area (Å²) in [6.45, 7) is 3.39. The molecule has 2 aliphatic rings. The molecule has 8 nitrogen and oxygen atoms in total. The van der Waals surface area contributed by atoms with Crippen LogP contribution in [0.3, 0.4) is 0 Å². The summed E-state index contributed by atoms with van der Waals surface area (Å²) in [4.78, 5) is 36.0. The Labute approximate surface area is 134 Å². The number of amides is 2. The van der Waals surface area contributed by atoms with Crippen molar-refractivity contribution in [3.05, 3.63) is 18.0 Å². The smallest absolute Gasteiger partial charge is 0.254 e. The lowest BCUT2D eigenvalue weighted by Gasteiger charge is -2.30. The molecule has 2 amide bonds. The lowest BCUT2D eigenvalue weighted by Crippen LogP contribution is -2.48. The summed E-state index contributed by atoms with van der Waals surface area (Å²) in [5.74, 6) is 0.535. The topological polar surface area (TPSA) is 87.7 Å². The molecule has 1 N–H and O–H groups in total. The zero-order chi connectivity index (χ0) is 16.2. The largest absolute Gasteiger partial charge is 0.378 e. The third-order valence-corrected chi connectivity index (χ3v) is 4.16. The highest BCUT2D eigenvalue weighted by Crippen LogP contribution is 2.12. The van der Waals surface area contributed by atoms with Crippen molar-refractivity contribution in [2.75, 3.05) is 44.8 Å². The maximum atomic E-state index is 12.3. The fourth-order valence-electron chi connectivity index (χ4n) is 2.76. The number of carbonyl (C=O) groups is 2. The van der Waals surface area contributed by atoms with Crippen LogP contribution in [0.4, 0.5) is 5.95 Å². The van der Waals surface area contributed by atoms with Gasteiger partial charge in [-0.3, -0.25) is 9.59 Å². The third kappa shape index (κ3) is 3.76. The number of nitrogens with one attached hydrogen (secondary N) is 1. The molecule has 1 aromatic rings. The number of aromatic nitrogens is 2. The van der Waals surface area contributed by atoms with Crippen molar-refractivity contribution in [3.8, 4) is 0 Å². The maximum Gasteiger partial charge on any atom is 0.254 e. The van der Waals surface area contributed by atoms with Gasteiger partial charge in [0, 0.05) is 51.5 Å². The van der Waals surface area contributed by atoms with E-state index in [0.29, 0.717) is 44.1 Å². The van der Waals surface area contributed by atoms with E-state index in [1.54, 1.807) is 24.3 Å². The van der Waals surface area contributed by atoms with Gasteiger partial charge in [-0.2, -0.15) is 0 Å². The zero-order valence-electron chi connectivity index (χ0n) is 13.2. The van der Waals surface area contributed by atoms with Crippen LogP contribution in [-0.4, -0.2) is 72.6 Å². The van der Waals surface area contributed by atoms with Crippen LogP contribution < -0.4 is 10.2 Å². The summed E-state index contributed by atoms with van der Waals surface area (Å²) in [5, 5.41) is 2.94. The van der Waals surface area contributed by atoms with Crippen molar-refractivity contribution >= 4 is 17.8 Å². The fraction of sp³-hybridized carbons (Fsp3) is 0.600. The van der Waals surface area contributed by atoms with E-state index in [4.69, 9.17) is 4.74 Å². The number of likely N-dealkylation sites (tertiary alicyclic amines) is 1. The number of likely N-dealkylation sites (N-methyl/N-ethyl adjacent to an activating group) is 1. The van der Waals surface area contributed by atoms with Crippen LogP contribution in [0.2, 0.25) is 0 Å². The van der Waals surface area contributed by atoms with Gasteiger partial charge < -0.3 is 19.9 Å². The Bertz CT molecular complexity index is 571. The number of nitrogens with zero attached hydrogens (tertiary/aromatic N) is 4. The molecule has 3 rings (SSSR count). The Hall–Kier alpha value is -2.22. The Balaban J connectivity index is 1.58. The van der Waals surface area contributed by atoms with Crippen molar-refractivity contribution < 1.29 is 14.3 Å². The van der Waals surface area contributed by atoms with Gasteiger partial charge >= 0.3 is 0 Å². The highest BCUT2D eigenvalue weighted by molar-refractivity contribution is 5.94. The van der Waals surface area contributed by atoms with E-state index >= 15 is 0 Å². The minimum atomic E-state index is -0.203. The molecular formula is C15H21N5O3. The van der Waals surface area contributed by atoms with Crippen LogP contribution in [0.25, 0.3) is 0 Å². The second-order valence-corrected chi connectivity index (χ2v) is 5.85. The highest BCUT2D eigenvalue weighted by atomic mass is 16.5. The molecule has 0 saturated carbocycles. The van der Waals surface area contributed by atoms with Crippen molar-refractivity contribution in [2.45, 2.75) is 18.9 Å². The van der Waals surface area contributed by atoms with Crippen LogP contribution in [-0.2, 0) is 9.53 Å². The molecule has 0 aromatic carbocycles. The highest BCUT2D eigenvalue weighted by Gasteiger charge is 2.24. The van der Waals surface area contributed by atoms with Gasteiger partial charge in [0.2, 0.25) is 11.9 Å². The number of ether oxygens (including phenoxy) is 1. The molecule has 23 heavy (non-hydrogen) atoms. The number of carbonyl (C=O) groups excluding carboxylic acids is 2. The number of piperidine rings is 1. The molecule has 1 aromatic heterocycles. The van der Waals surface area contributed by atoms with Crippen LogP contribution >= 0.6 is 0 Å². The van der Waals surface area contributed by atoms with Crippen molar-refractivity contribution in [3.63, 3.8) is 0 Å².